The Bertz CT molecular complexity index is 1090. The van der Waals surface area contributed by atoms with Crippen LogP contribution in [0.4, 0.5) is 0 Å². The van der Waals surface area contributed by atoms with E-state index in [2.05, 4.69) is 65.2 Å². The molecular weight excluding hydrogens is 505 g/mol. The Morgan fingerprint density at radius 2 is 1.44 bits per heavy atom. The number of carbonyl (C=O) groups is 1. The second kappa shape index (κ2) is 11.8. The highest BCUT2D eigenvalue weighted by Gasteiger charge is 2.51. The van der Waals surface area contributed by atoms with Gasteiger partial charge in [0.1, 0.15) is 5.75 Å². The zero-order valence-corrected chi connectivity index (χ0v) is 26.8. The fraction of sp³-hybridized carbons (Fsp3) is 0.581. The summed E-state index contributed by atoms with van der Waals surface area (Å²) < 4.78 is 24.9. The van der Waals surface area contributed by atoms with Crippen molar-refractivity contribution < 1.29 is 23.3 Å². The van der Waals surface area contributed by atoms with Crippen LogP contribution in [0, 0.1) is 0 Å². The number of rotatable bonds is 10. The summed E-state index contributed by atoms with van der Waals surface area (Å²) in [7, 11) is -2.34. The molecule has 2 aromatic carbocycles. The first-order valence-electron chi connectivity index (χ1n) is 14.1. The van der Waals surface area contributed by atoms with Crippen molar-refractivity contribution in [3.05, 3.63) is 59.7 Å². The van der Waals surface area contributed by atoms with Crippen LogP contribution >= 0.6 is 0 Å². The van der Waals surface area contributed by atoms with Crippen molar-refractivity contribution in [1.82, 2.24) is 5.32 Å². The average Bonchev–Trinajstić information content (AvgIpc) is 3.06. The Morgan fingerprint density at radius 1 is 0.923 bits per heavy atom. The van der Waals surface area contributed by atoms with Crippen molar-refractivity contribution in [3.8, 4) is 5.75 Å². The van der Waals surface area contributed by atoms with E-state index < -0.39 is 32.7 Å². The van der Waals surface area contributed by atoms with Crippen LogP contribution in [0.25, 0.3) is 0 Å². The summed E-state index contributed by atoms with van der Waals surface area (Å²) in [6.07, 6.45) is -0.790. The van der Waals surface area contributed by atoms with Gasteiger partial charge in [-0.2, -0.15) is 0 Å². The van der Waals surface area contributed by atoms with E-state index >= 15 is 0 Å². The zero-order valence-electron chi connectivity index (χ0n) is 25.8. The third-order valence-electron chi connectivity index (χ3n) is 8.47. The first-order chi connectivity index (χ1) is 17.9. The highest BCUT2D eigenvalue weighted by atomic mass is 28.4. The SMILES string of the molecule is CC(C)c1ccc(C(Oc2ccc(B3OC(C)(C)C(C)(C)O3)cc2)C(=O)NCCO[Si](C)(C)C(C)(C)C)cc1. The molecule has 0 aliphatic carbocycles. The third-order valence-corrected chi connectivity index (χ3v) is 13.0. The number of nitrogens with one attached hydrogen (secondary N) is 1. The predicted octanol–water partition coefficient (Wildman–Crippen LogP) is 6.37. The molecule has 1 fully saturated rings. The summed E-state index contributed by atoms with van der Waals surface area (Å²) in [5.41, 5.74) is 2.11. The van der Waals surface area contributed by atoms with E-state index in [0.717, 1.165) is 11.0 Å². The van der Waals surface area contributed by atoms with Gasteiger partial charge in [0.25, 0.3) is 5.91 Å². The minimum atomic E-state index is -1.88. The second-order valence-electron chi connectivity index (χ2n) is 13.4. The van der Waals surface area contributed by atoms with Gasteiger partial charge >= 0.3 is 7.12 Å². The lowest BCUT2D eigenvalue weighted by Crippen LogP contribution is -2.43. The van der Waals surface area contributed by atoms with E-state index in [-0.39, 0.29) is 10.9 Å². The van der Waals surface area contributed by atoms with Crippen LogP contribution in [0.2, 0.25) is 18.1 Å². The van der Waals surface area contributed by atoms with Gasteiger partial charge in [0.15, 0.2) is 8.32 Å². The van der Waals surface area contributed by atoms with Gasteiger partial charge in [0.2, 0.25) is 6.10 Å². The van der Waals surface area contributed by atoms with Crippen LogP contribution in [0.5, 0.6) is 5.75 Å². The minimum absolute atomic E-state index is 0.118. The maximum Gasteiger partial charge on any atom is 0.494 e. The summed E-state index contributed by atoms with van der Waals surface area (Å²) in [6.45, 7) is 24.4. The summed E-state index contributed by atoms with van der Waals surface area (Å²) in [5, 5.41) is 3.15. The van der Waals surface area contributed by atoms with Gasteiger partial charge < -0.3 is 23.8 Å². The van der Waals surface area contributed by atoms with E-state index in [4.69, 9.17) is 18.5 Å². The maximum absolute atomic E-state index is 13.4. The fourth-order valence-corrected chi connectivity index (χ4v) is 4.98. The quantitative estimate of drug-likeness (QED) is 0.274. The van der Waals surface area contributed by atoms with Crippen LogP contribution < -0.4 is 15.5 Å². The summed E-state index contributed by atoms with van der Waals surface area (Å²) in [5.74, 6) is 0.810. The molecule has 214 valence electrons. The smallest absolute Gasteiger partial charge is 0.476 e. The van der Waals surface area contributed by atoms with Crippen LogP contribution in [-0.4, -0.2) is 45.7 Å². The van der Waals surface area contributed by atoms with E-state index in [1.165, 1.54) is 5.56 Å². The predicted molar refractivity (Wildman–Crippen MR) is 162 cm³/mol. The molecule has 1 N–H and O–H groups in total. The van der Waals surface area contributed by atoms with E-state index in [1.54, 1.807) is 0 Å². The third kappa shape index (κ3) is 7.54. The molecule has 8 heteroatoms. The fourth-order valence-electron chi connectivity index (χ4n) is 3.94. The molecule has 0 bridgehead atoms. The Hall–Kier alpha value is -2.13. The van der Waals surface area contributed by atoms with Gasteiger partial charge in [-0.1, -0.05) is 71.0 Å². The minimum Gasteiger partial charge on any atom is -0.476 e. The molecule has 0 radical (unpaired) electrons. The number of hydrogen-bond acceptors (Lipinski definition) is 5. The highest BCUT2D eigenvalue weighted by Crippen LogP contribution is 2.37. The molecule has 6 nitrogen and oxygen atoms in total. The standard InChI is InChI=1S/C31H48BNO5Si/c1-22(2)23-12-14-24(15-13-23)27(28(34)33-20-21-35-39(10,11)29(3,4)5)36-26-18-16-25(17-19-26)32-37-30(6,7)31(8,9)38-32/h12-19,22,27H,20-21H2,1-11H3,(H,33,34). The van der Waals surface area contributed by atoms with E-state index in [0.29, 0.717) is 24.8 Å². The topological polar surface area (TPSA) is 66.0 Å². The highest BCUT2D eigenvalue weighted by molar-refractivity contribution is 6.74. The van der Waals surface area contributed by atoms with Crippen LogP contribution in [0.3, 0.4) is 0 Å². The number of carbonyl (C=O) groups excluding carboxylic acids is 1. The van der Waals surface area contributed by atoms with Crippen molar-refractivity contribution in [2.24, 2.45) is 0 Å². The maximum atomic E-state index is 13.4. The molecule has 39 heavy (non-hydrogen) atoms. The van der Waals surface area contributed by atoms with Gasteiger partial charge in [0, 0.05) is 12.1 Å². The molecule has 1 aliphatic heterocycles. The van der Waals surface area contributed by atoms with E-state index in [1.807, 2.05) is 64.1 Å². The summed E-state index contributed by atoms with van der Waals surface area (Å²) in [6, 6.07) is 15.7. The molecule has 0 saturated carbocycles. The second-order valence-corrected chi connectivity index (χ2v) is 18.2. The number of ether oxygens (including phenoxy) is 1. The molecule has 1 saturated heterocycles. The van der Waals surface area contributed by atoms with Crippen LogP contribution in [0.15, 0.2) is 48.5 Å². The van der Waals surface area contributed by atoms with Crippen molar-refractivity contribution in [2.45, 2.75) is 104 Å². The molecular formula is C31H48BNO5Si. The molecule has 1 atom stereocenters. The molecule has 1 amide bonds. The zero-order chi connectivity index (χ0) is 29.2. The van der Waals surface area contributed by atoms with Gasteiger partial charge in [-0.15, -0.1) is 0 Å². The van der Waals surface area contributed by atoms with Gasteiger partial charge in [-0.25, -0.2) is 0 Å². The Labute approximate surface area is 237 Å². The molecule has 1 aliphatic rings. The lowest BCUT2D eigenvalue weighted by atomic mass is 9.79. The lowest BCUT2D eigenvalue weighted by Gasteiger charge is -2.36. The molecule has 1 heterocycles. The van der Waals surface area contributed by atoms with Crippen molar-refractivity contribution in [2.75, 3.05) is 13.2 Å². The van der Waals surface area contributed by atoms with Crippen molar-refractivity contribution in [1.29, 1.82) is 0 Å². The first-order valence-corrected chi connectivity index (χ1v) is 17.0. The molecule has 1 unspecified atom stereocenters. The monoisotopic (exact) mass is 553 g/mol. The molecule has 0 spiro atoms. The summed E-state index contributed by atoms with van der Waals surface area (Å²) >= 11 is 0. The Morgan fingerprint density at radius 3 is 1.92 bits per heavy atom. The molecule has 0 aromatic heterocycles. The van der Waals surface area contributed by atoms with Gasteiger partial charge in [-0.05, 0) is 74.9 Å². The molecule has 3 rings (SSSR count). The summed E-state index contributed by atoms with van der Waals surface area (Å²) in [4.78, 5) is 13.4. The van der Waals surface area contributed by atoms with Crippen LogP contribution in [0.1, 0.15) is 85.5 Å². The van der Waals surface area contributed by atoms with Gasteiger partial charge in [-0.3, -0.25) is 4.79 Å². The number of benzene rings is 2. The van der Waals surface area contributed by atoms with Crippen molar-refractivity contribution >= 4 is 26.8 Å². The lowest BCUT2D eigenvalue weighted by molar-refractivity contribution is -0.128. The first kappa shape index (κ1) is 31.4. The van der Waals surface area contributed by atoms with Crippen molar-refractivity contribution in [3.63, 3.8) is 0 Å². The normalized spacial score (nSPS) is 17.8. The Kier molecular flexibility index (Phi) is 9.48. The largest absolute Gasteiger partial charge is 0.494 e. The van der Waals surface area contributed by atoms with Crippen LogP contribution in [-0.2, 0) is 18.5 Å². The number of hydrogen-bond donors (Lipinski definition) is 1. The average molecular weight is 554 g/mol. The van der Waals surface area contributed by atoms with E-state index in [9.17, 15) is 4.79 Å². The molecule has 2 aromatic rings. The number of amides is 1. The van der Waals surface area contributed by atoms with Gasteiger partial charge in [0.05, 0.1) is 17.8 Å². The Balaban J connectivity index is 1.73.